The summed E-state index contributed by atoms with van der Waals surface area (Å²) in [5, 5.41) is 5.24. The minimum Gasteiger partial charge on any atom is -0.350 e. The van der Waals surface area contributed by atoms with Gasteiger partial charge < -0.3 is 10.6 Å². The van der Waals surface area contributed by atoms with Gasteiger partial charge in [0.1, 0.15) is 0 Å². The molecule has 100 valence electrons. The highest BCUT2D eigenvalue weighted by Gasteiger charge is 2.02. The third kappa shape index (κ3) is 6.83. The van der Waals surface area contributed by atoms with Crippen LogP contribution in [0.25, 0.3) is 0 Å². The molecule has 1 rings (SSSR count). The zero-order valence-electron chi connectivity index (χ0n) is 10.9. The minimum atomic E-state index is -0.284. The van der Waals surface area contributed by atoms with Crippen LogP contribution in [0, 0.1) is 0 Å². The molecule has 0 saturated carbocycles. The number of allylic oxidation sites excluding steroid dienone is 3. The maximum atomic E-state index is 11.5. The van der Waals surface area contributed by atoms with E-state index in [1.807, 2.05) is 43.3 Å². The molecule has 1 aromatic rings. The normalized spacial score (nSPS) is 10.8. The van der Waals surface area contributed by atoms with Crippen LogP contribution in [-0.4, -0.2) is 18.4 Å². The lowest BCUT2D eigenvalue weighted by Crippen LogP contribution is -2.35. The van der Waals surface area contributed by atoms with Crippen molar-refractivity contribution in [1.82, 2.24) is 10.6 Å². The van der Waals surface area contributed by atoms with Crippen LogP contribution in [0.3, 0.4) is 0 Å². The maximum Gasteiger partial charge on any atom is 0.244 e. The molecule has 2 amide bonds. The van der Waals surface area contributed by atoms with E-state index in [2.05, 4.69) is 10.6 Å². The van der Waals surface area contributed by atoms with Crippen LogP contribution in [0.2, 0.25) is 0 Å². The Balaban J connectivity index is 2.23. The van der Waals surface area contributed by atoms with Gasteiger partial charge in [-0.05, 0) is 12.5 Å². The van der Waals surface area contributed by atoms with Gasteiger partial charge in [0, 0.05) is 12.6 Å². The van der Waals surface area contributed by atoms with Gasteiger partial charge in [-0.1, -0.05) is 48.6 Å². The summed E-state index contributed by atoms with van der Waals surface area (Å²) >= 11 is 0. The van der Waals surface area contributed by atoms with Crippen molar-refractivity contribution < 1.29 is 9.59 Å². The van der Waals surface area contributed by atoms with Crippen LogP contribution < -0.4 is 10.6 Å². The molecular formula is C15H18N2O2. The van der Waals surface area contributed by atoms with Gasteiger partial charge in [0.15, 0.2) is 0 Å². The van der Waals surface area contributed by atoms with Crippen molar-refractivity contribution in [2.45, 2.75) is 13.5 Å². The van der Waals surface area contributed by atoms with Crippen molar-refractivity contribution in [2.24, 2.45) is 0 Å². The highest BCUT2D eigenvalue weighted by Crippen LogP contribution is 1.96. The molecule has 0 heterocycles. The lowest BCUT2D eigenvalue weighted by atomic mass is 10.2. The molecule has 0 fully saturated rings. The lowest BCUT2D eigenvalue weighted by Gasteiger charge is -2.05. The first kappa shape index (κ1) is 14.7. The molecular weight excluding hydrogens is 240 g/mol. The Kier molecular flexibility index (Phi) is 6.72. The molecule has 1 aromatic carbocycles. The number of carbonyl (C=O) groups is 2. The average Bonchev–Trinajstić information content (AvgIpc) is 2.44. The molecule has 0 atom stereocenters. The largest absolute Gasteiger partial charge is 0.350 e. The van der Waals surface area contributed by atoms with Crippen LogP contribution in [-0.2, 0) is 16.1 Å². The molecule has 2 N–H and O–H groups in total. The quantitative estimate of drug-likeness (QED) is 0.601. The van der Waals surface area contributed by atoms with Crippen molar-refractivity contribution in [3.63, 3.8) is 0 Å². The second-order valence-electron chi connectivity index (χ2n) is 3.87. The van der Waals surface area contributed by atoms with Gasteiger partial charge in [-0.3, -0.25) is 9.59 Å². The third-order valence-electron chi connectivity index (χ3n) is 2.31. The van der Waals surface area contributed by atoms with Crippen LogP contribution >= 0.6 is 0 Å². The monoisotopic (exact) mass is 258 g/mol. The summed E-state index contributed by atoms with van der Waals surface area (Å²) in [4.78, 5) is 22.8. The van der Waals surface area contributed by atoms with Crippen LogP contribution in [0.4, 0.5) is 0 Å². The van der Waals surface area contributed by atoms with E-state index in [1.54, 1.807) is 12.2 Å². The van der Waals surface area contributed by atoms with Gasteiger partial charge in [0.2, 0.25) is 11.8 Å². The van der Waals surface area contributed by atoms with Crippen molar-refractivity contribution in [1.29, 1.82) is 0 Å². The SMILES string of the molecule is CC=CC=CC(=O)NCC(=O)NCc1ccccc1. The first-order valence-corrected chi connectivity index (χ1v) is 6.10. The number of rotatable bonds is 6. The number of benzene rings is 1. The van der Waals surface area contributed by atoms with Gasteiger partial charge in [0.25, 0.3) is 0 Å². The van der Waals surface area contributed by atoms with E-state index in [1.165, 1.54) is 6.08 Å². The van der Waals surface area contributed by atoms with E-state index in [0.29, 0.717) is 6.54 Å². The first-order valence-electron chi connectivity index (χ1n) is 6.10. The molecule has 0 spiro atoms. The van der Waals surface area contributed by atoms with Gasteiger partial charge in [-0.25, -0.2) is 0 Å². The Morgan fingerprint density at radius 1 is 1.11 bits per heavy atom. The molecule has 19 heavy (non-hydrogen) atoms. The predicted octanol–water partition coefficient (Wildman–Crippen LogP) is 1.55. The summed E-state index contributed by atoms with van der Waals surface area (Å²) in [5.41, 5.74) is 1.02. The summed E-state index contributed by atoms with van der Waals surface area (Å²) in [6.07, 6.45) is 6.56. The Bertz CT molecular complexity index is 464. The summed E-state index contributed by atoms with van der Waals surface area (Å²) in [6.45, 7) is 2.30. The Morgan fingerprint density at radius 2 is 1.84 bits per heavy atom. The van der Waals surface area contributed by atoms with E-state index >= 15 is 0 Å². The standard InChI is InChI=1S/C15H18N2O2/c1-2-3-5-10-14(18)17-12-15(19)16-11-13-8-6-4-7-9-13/h2-10H,11-12H2,1H3,(H,16,19)(H,17,18). The molecule has 0 aliphatic carbocycles. The fraction of sp³-hybridized carbons (Fsp3) is 0.200. The lowest BCUT2D eigenvalue weighted by molar-refractivity contribution is -0.124. The van der Waals surface area contributed by atoms with E-state index in [9.17, 15) is 9.59 Å². The summed E-state index contributed by atoms with van der Waals surface area (Å²) in [7, 11) is 0. The average molecular weight is 258 g/mol. The number of nitrogens with one attached hydrogen (secondary N) is 2. The van der Waals surface area contributed by atoms with Crippen LogP contribution in [0.1, 0.15) is 12.5 Å². The second kappa shape index (κ2) is 8.69. The third-order valence-corrected chi connectivity index (χ3v) is 2.31. The molecule has 0 radical (unpaired) electrons. The second-order valence-corrected chi connectivity index (χ2v) is 3.87. The van der Waals surface area contributed by atoms with Crippen molar-refractivity contribution in [2.75, 3.05) is 6.54 Å². The van der Waals surface area contributed by atoms with Gasteiger partial charge >= 0.3 is 0 Å². The predicted molar refractivity (Wildman–Crippen MR) is 75.3 cm³/mol. The summed E-state index contributed by atoms with van der Waals surface area (Å²) in [6, 6.07) is 9.60. The molecule has 0 aliphatic heterocycles. The van der Waals surface area contributed by atoms with Gasteiger partial charge in [-0.15, -0.1) is 0 Å². The molecule has 0 unspecified atom stereocenters. The van der Waals surface area contributed by atoms with Crippen LogP contribution in [0.5, 0.6) is 0 Å². The highest BCUT2D eigenvalue weighted by atomic mass is 16.2. The number of hydrogen-bond donors (Lipinski definition) is 2. The van der Waals surface area contributed by atoms with Gasteiger partial charge in [-0.2, -0.15) is 0 Å². The number of carbonyl (C=O) groups excluding carboxylic acids is 2. The zero-order valence-corrected chi connectivity index (χ0v) is 10.9. The first-order chi connectivity index (χ1) is 9.22. The van der Waals surface area contributed by atoms with Gasteiger partial charge in [0.05, 0.1) is 6.54 Å². The number of amides is 2. The molecule has 0 saturated heterocycles. The number of hydrogen-bond acceptors (Lipinski definition) is 2. The van der Waals surface area contributed by atoms with Crippen LogP contribution in [0.15, 0.2) is 54.6 Å². The molecule has 4 heteroatoms. The Morgan fingerprint density at radius 3 is 2.53 bits per heavy atom. The molecule has 0 aromatic heterocycles. The molecule has 0 aliphatic rings. The maximum absolute atomic E-state index is 11.5. The Labute approximate surface area is 113 Å². The molecule has 0 bridgehead atoms. The smallest absolute Gasteiger partial charge is 0.244 e. The zero-order chi connectivity index (χ0) is 13.9. The van der Waals surface area contributed by atoms with E-state index in [0.717, 1.165) is 5.56 Å². The Hall–Kier alpha value is -2.36. The van der Waals surface area contributed by atoms with E-state index in [4.69, 9.17) is 0 Å². The fourth-order valence-electron chi connectivity index (χ4n) is 1.34. The fourth-order valence-corrected chi connectivity index (χ4v) is 1.34. The van der Waals surface area contributed by atoms with Crippen molar-refractivity contribution in [3.8, 4) is 0 Å². The van der Waals surface area contributed by atoms with Crippen molar-refractivity contribution >= 4 is 11.8 Å². The van der Waals surface area contributed by atoms with E-state index in [-0.39, 0.29) is 18.4 Å². The van der Waals surface area contributed by atoms with Crippen molar-refractivity contribution in [3.05, 3.63) is 60.2 Å². The van der Waals surface area contributed by atoms with E-state index < -0.39 is 0 Å². The summed E-state index contributed by atoms with van der Waals surface area (Å²) in [5.74, 6) is -0.496. The minimum absolute atomic E-state index is 0.0220. The molecule has 4 nitrogen and oxygen atoms in total. The summed E-state index contributed by atoms with van der Waals surface area (Å²) < 4.78 is 0. The topological polar surface area (TPSA) is 58.2 Å². The highest BCUT2D eigenvalue weighted by molar-refractivity contribution is 5.91.